The number of hydrogen-bond donors (Lipinski definition) is 1. The maximum atomic E-state index is 12.6. The number of carbonyl (C=O) groups excluding carboxylic acids is 1. The van der Waals surface area contributed by atoms with Crippen molar-refractivity contribution in [2.24, 2.45) is 5.92 Å². The Hall–Kier alpha value is -1.92. The van der Waals surface area contributed by atoms with Crippen LogP contribution in [0.3, 0.4) is 0 Å². The summed E-state index contributed by atoms with van der Waals surface area (Å²) in [6.45, 7) is 3.36. The van der Waals surface area contributed by atoms with E-state index < -0.39 is 0 Å². The van der Waals surface area contributed by atoms with Crippen LogP contribution < -0.4 is 10.1 Å². The van der Waals surface area contributed by atoms with Crippen molar-refractivity contribution in [3.8, 4) is 16.3 Å². The van der Waals surface area contributed by atoms with Crippen LogP contribution in [-0.2, 0) is 0 Å². The Bertz CT molecular complexity index is 720. The van der Waals surface area contributed by atoms with Gasteiger partial charge < -0.3 is 15.0 Å². The summed E-state index contributed by atoms with van der Waals surface area (Å²) in [7, 11) is 1.62. The molecular formula is C18H21N3O2S. The van der Waals surface area contributed by atoms with Crippen LogP contribution in [0.1, 0.15) is 22.5 Å². The van der Waals surface area contributed by atoms with Gasteiger partial charge >= 0.3 is 0 Å². The van der Waals surface area contributed by atoms with Gasteiger partial charge in [-0.05, 0) is 56.1 Å². The number of rotatable bonds is 4. The van der Waals surface area contributed by atoms with E-state index in [2.05, 4.69) is 15.2 Å². The van der Waals surface area contributed by atoms with E-state index in [-0.39, 0.29) is 5.91 Å². The Morgan fingerprint density at radius 2 is 2.12 bits per heavy atom. The second kappa shape index (κ2) is 6.53. The molecule has 0 aliphatic carbocycles. The molecule has 5 rings (SSSR count). The lowest BCUT2D eigenvalue weighted by molar-refractivity contribution is 0.0622. The second-order valence-electron chi connectivity index (χ2n) is 6.47. The van der Waals surface area contributed by atoms with Gasteiger partial charge in [0.15, 0.2) is 0 Å². The molecule has 3 aliphatic heterocycles. The van der Waals surface area contributed by atoms with Crippen LogP contribution in [0, 0.1) is 5.92 Å². The Balaban J connectivity index is 1.44. The average Bonchev–Trinajstić information content (AvgIpc) is 3.13. The highest BCUT2D eigenvalue weighted by Gasteiger charge is 2.35. The minimum atomic E-state index is 0.0403. The third-order valence-electron chi connectivity index (χ3n) is 5.03. The quantitative estimate of drug-likeness (QED) is 0.927. The Morgan fingerprint density at radius 1 is 1.29 bits per heavy atom. The Kier molecular flexibility index (Phi) is 4.24. The van der Waals surface area contributed by atoms with E-state index in [1.54, 1.807) is 13.3 Å². The number of carbonyl (C=O) groups is 1. The number of pyridine rings is 1. The van der Waals surface area contributed by atoms with E-state index in [1.807, 2.05) is 24.3 Å². The monoisotopic (exact) mass is 343 g/mol. The van der Waals surface area contributed by atoms with E-state index in [9.17, 15) is 4.79 Å². The standard InChI is InChI=1S/C18H21N3O2S/c1-23-13-2-3-14(19-10-13)16-4-5-17(24-16)18(22)20-15-11-21-8-6-12(15)7-9-21/h2-5,10,12,15H,6-9,11H2,1H3,(H,20,22). The molecular weight excluding hydrogens is 322 g/mol. The van der Waals surface area contributed by atoms with Crippen LogP contribution in [0.2, 0.25) is 0 Å². The molecule has 2 aromatic heterocycles. The zero-order chi connectivity index (χ0) is 16.5. The molecule has 1 unspecified atom stereocenters. The molecule has 2 bridgehead atoms. The number of hydrogen-bond acceptors (Lipinski definition) is 5. The van der Waals surface area contributed by atoms with Gasteiger partial charge in [0, 0.05) is 12.6 Å². The van der Waals surface area contributed by atoms with Crippen molar-refractivity contribution in [1.82, 2.24) is 15.2 Å². The number of thiophene rings is 1. The number of fused-ring (bicyclic) bond motifs is 3. The van der Waals surface area contributed by atoms with Gasteiger partial charge in [-0.1, -0.05) is 0 Å². The summed E-state index contributed by atoms with van der Waals surface area (Å²) in [6.07, 6.45) is 4.11. The van der Waals surface area contributed by atoms with Crippen molar-refractivity contribution in [2.75, 3.05) is 26.7 Å². The summed E-state index contributed by atoms with van der Waals surface area (Å²) in [6, 6.07) is 7.95. The van der Waals surface area contributed by atoms with Gasteiger partial charge in [0.1, 0.15) is 5.75 Å². The zero-order valence-electron chi connectivity index (χ0n) is 13.7. The zero-order valence-corrected chi connectivity index (χ0v) is 14.5. The molecule has 5 heterocycles. The van der Waals surface area contributed by atoms with Gasteiger partial charge in [-0.25, -0.2) is 0 Å². The van der Waals surface area contributed by atoms with Gasteiger partial charge in [0.05, 0.1) is 28.8 Å². The Morgan fingerprint density at radius 3 is 2.75 bits per heavy atom. The van der Waals surface area contributed by atoms with Crippen molar-refractivity contribution in [3.05, 3.63) is 35.3 Å². The van der Waals surface area contributed by atoms with E-state index in [1.165, 1.54) is 37.3 Å². The molecule has 24 heavy (non-hydrogen) atoms. The predicted molar refractivity (Wildman–Crippen MR) is 94.5 cm³/mol. The fourth-order valence-electron chi connectivity index (χ4n) is 3.61. The molecule has 3 fully saturated rings. The van der Waals surface area contributed by atoms with E-state index in [0.29, 0.717) is 12.0 Å². The van der Waals surface area contributed by atoms with Crippen molar-refractivity contribution in [2.45, 2.75) is 18.9 Å². The van der Waals surface area contributed by atoms with Crippen LogP contribution in [0.4, 0.5) is 0 Å². The summed E-state index contributed by atoms with van der Waals surface area (Å²) in [5.41, 5.74) is 0.864. The van der Waals surface area contributed by atoms with Gasteiger partial charge in [0.25, 0.3) is 5.91 Å². The number of nitrogens with one attached hydrogen (secondary N) is 1. The van der Waals surface area contributed by atoms with Crippen molar-refractivity contribution in [3.63, 3.8) is 0 Å². The first-order chi connectivity index (χ1) is 11.7. The summed E-state index contributed by atoms with van der Waals surface area (Å²) in [5, 5.41) is 3.24. The van der Waals surface area contributed by atoms with Crippen LogP contribution in [0.25, 0.3) is 10.6 Å². The molecule has 5 nitrogen and oxygen atoms in total. The smallest absolute Gasteiger partial charge is 0.261 e. The molecule has 3 saturated heterocycles. The van der Waals surface area contributed by atoms with Crippen LogP contribution in [0.5, 0.6) is 5.75 Å². The first kappa shape index (κ1) is 15.6. The lowest BCUT2D eigenvalue weighted by Gasteiger charge is -2.44. The minimum absolute atomic E-state index is 0.0403. The minimum Gasteiger partial charge on any atom is -0.495 e. The molecule has 3 aliphatic rings. The summed E-state index contributed by atoms with van der Waals surface area (Å²) < 4.78 is 5.13. The highest BCUT2D eigenvalue weighted by molar-refractivity contribution is 7.17. The van der Waals surface area contributed by atoms with Gasteiger partial charge in [-0.3, -0.25) is 9.78 Å². The van der Waals surface area contributed by atoms with Crippen LogP contribution in [0.15, 0.2) is 30.5 Å². The lowest BCUT2D eigenvalue weighted by atomic mass is 9.84. The van der Waals surface area contributed by atoms with Gasteiger partial charge in [0.2, 0.25) is 0 Å². The highest BCUT2D eigenvalue weighted by atomic mass is 32.1. The van der Waals surface area contributed by atoms with Crippen molar-refractivity contribution in [1.29, 1.82) is 0 Å². The number of nitrogens with zero attached hydrogens (tertiary/aromatic N) is 2. The molecule has 126 valence electrons. The topological polar surface area (TPSA) is 54.5 Å². The molecule has 6 heteroatoms. The molecule has 1 atom stereocenters. The molecule has 1 N–H and O–H groups in total. The largest absolute Gasteiger partial charge is 0.495 e. The van der Waals surface area contributed by atoms with E-state index in [0.717, 1.165) is 27.7 Å². The van der Waals surface area contributed by atoms with Crippen LogP contribution >= 0.6 is 11.3 Å². The number of ether oxygens (including phenoxy) is 1. The maximum Gasteiger partial charge on any atom is 0.261 e. The van der Waals surface area contributed by atoms with E-state index in [4.69, 9.17) is 4.74 Å². The third kappa shape index (κ3) is 3.03. The molecule has 0 aromatic carbocycles. The molecule has 1 amide bonds. The summed E-state index contributed by atoms with van der Waals surface area (Å²) in [4.78, 5) is 21.2. The first-order valence-corrected chi connectivity index (χ1v) is 9.18. The number of methoxy groups -OCH3 is 1. The SMILES string of the molecule is COc1ccc(-c2ccc(C(=O)NC3CN4CCC3CC4)s2)nc1. The molecule has 2 aromatic rings. The van der Waals surface area contributed by atoms with Gasteiger partial charge in [-0.2, -0.15) is 0 Å². The number of aromatic nitrogens is 1. The van der Waals surface area contributed by atoms with Crippen molar-refractivity contribution < 1.29 is 9.53 Å². The Labute approximate surface area is 145 Å². The first-order valence-electron chi connectivity index (χ1n) is 8.36. The molecule has 0 radical (unpaired) electrons. The predicted octanol–water partition coefficient (Wildman–Crippen LogP) is 2.64. The van der Waals surface area contributed by atoms with Gasteiger partial charge in [-0.15, -0.1) is 11.3 Å². The third-order valence-corrected chi connectivity index (χ3v) is 6.13. The molecule has 0 spiro atoms. The fourth-order valence-corrected chi connectivity index (χ4v) is 4.50. The summed E-state index contributed by atoms with van der Waals surface area (Å²) in [5.74, 6) is 1.41. The highest BCUT2D eigenvalue weighted by Crippen LogP contribution is 2.30. The maximum absolute atomic E-state index is 12.6. The van der Waals surface area contributed by atoms with Crippen molar-refractivity contribution >= 4 is 17.2 Å². The number of amides is 1. The fraction of sp³-hybridized carbons (Fsp3) is 0.444. The lowest BCUT2D eigenvalue weighted by Crippen LogP contribution is -2.57. The summed E-state index contributed by atoms with van der Waals surface area (Å²) >= 11 is 1.49. The normalized spacial score (nSPS) is 25.5. The molecule has 0 saturated carbocycles. The second-order valence-corrected chi connectivity index (χ2v) is 7.55. The number of piperidine rings is 3. The van der Waals surface area contributed by atoms with E-state index >= 15 is 0 Å². The van der Waals surface area contributed by atoms with Crippen LogP contribution in [-0.4, -0.2) is 48.6 Å². The average molecular weight is 343 g/mol.